The van der Waals surface area contributed by atoms with E-state index >= 15 is 0 Å². The number of furan rings is 1. The molecule has 6 aromatic rings. The number of hydrogen-bond acceptors (Lipinski definition) is 5. The smallest absolute Gasteiger partial charge is 0.257 e. The van der Waals surface area contributed by atoms with Crippen LogP contribution in [0.25, 0.3) is 11.0 Å². The standard InChI is InChI=1S/C50H55BN2O3/c1-27-19-38-43-39(20-27)53(44-28(2)21-34(22-29(44)3)50(12,13)14)47-42(35-24-32(48(6,7)8)16-18-40(35)56-47)51(43)36-25-33(49(9,10)11)15-17-37(36)52(38)45-30(4)23-41-46(31(45)5)55-26-54-41/h15-25H,26H2,1-14H3. The third kappa shape index (κ3) is 5.34. The van der Waals surface area contributed by atoms with Crippen molar-refractivity contribution in [3.63, 3.8) is 0 Å². The third-order valence-electron chi connectivity index (χ3n) is 12.4. The Morgan fingerprint density at radius 1 is 0.554 bits per heavy atom. The first-order valence-corrected chi connectivity index (χ1v) is 20.2. The zero-order valence-electron chi connectivity index (χ0n) is 35.8. The Balaban J connectivity index is 1.45. The number of ether oxygens (including phenoxy) is 2. The van der Waals surface area contributed by atoms with Gasteiger partial charge in [0.2, 0.25) is 12.7 Å². The van der Waals surface area contributed by atoms with Crippen LogP contribution in [-0.2, 0) is 16.2 Å². The van der Waals surface area contributed by atoms with Crippen LogP contribution in [0, 0.1) is 34.6 Å². The highest BCUT2D eigenvalue weighted by atomic mass is 16.7. The summed E-state index contributed by atoms with van der Waals surface area (Å²) >= 11 is 0. The van der Waals surface area contributed by atoms with Gasteiger partial charge < -0.3 is 18.8 Å². The van der Waals surface area contributed by atoms with Crippen LogP contribution in [0.3, 0.4) is 0 Å². The van der Waals surface area contributed by atoms with Gasteiger partial charge in [0.1, 0.15) is 5.58 Å². The van der Waals surface area contributed by atoms with Crippen molar-refractivity contribution >= 4 is 68.4 Å². The van der Waals surface area contributed by atoms with Crippen molar-refractivity contribution in [2.75, 3.05) is 16.6 Å². The van der Waals surface area contributed by atoms with E-state index in [0.29, 0.717) is 0 Å². The lowest BCUT2D eigenvalue weighted by Crippen LogP contribution is -2.61. The normalized spacial score (nSPS) is 14.7. The molecule has 6 heteroatoms. The number of anilines is 6. The van der Waals surface area contributed by atoms with Gasteiger partial charge in [0, 0.05) is 33.5 Å². The minimum atomic E-state index is -0.0686. The Bertz CT molecular complexity index is 2620. The van der Waals surface area contributed by atoms with E-state index in [0.717, 1.165) is 45.5 Å². The fourth-order valence-electron chi connectivity index (χ4n) is 9.50. The van der Waals surface area contributed by atoms with Gasteiger partial charge in [-0.3, -0.25) is 4.90 Å². The maximum atomic E-state index is 7.22. The first-order chi connectivity index (χ1) is 26.2. The molecule has 0 bridgehead atoms. The van der Waals surface area contributed by atoms with E-state index in [-0.39, 0.29) is 29.8 Å². The Kier molecular flexibility index (Phi) is 7.80. The molecule has 0 radical (unpaired) electrons. The molecule has 4 heterocycles. The van der Waals surface area contributed by atoms with Gasteiger partial charge in [-0.2, -0.15) is 0 Å². The van der Waals surface area contributed by atoms with E-state index in [1.807, 2.05) is 0 Å². The van der Waals surface area contributed by atoms with Gasteiger partial charge in [0.05, 0.1) is 11.4 Å². The number of hydrogen-bond donors (Lipinski definition) is 0. The van der Waals surface area contributed by atoms with E-state index in [2.05, 4.69) is 173 Å². The topological polar surface area (TPSA) is 38.1 Å². The van der Waals surface area contributed by atoms with Crippen LogP contribution < -0.4 is 35.7 Å². The van der Waals surface area contributed by atoms with Gasteiger partial charge in [-0.05, 0) is 137 Å². The molecular formula is C50H55BN2O3. The Hall–Kier alpha value is -5.10. The van der Waals surface area contributed by atoms with Crippen molar-refractivity contribution in [3.8, 4) is 11.5 Å². The number of nitrogens with zero attached hydrogens (tertiary/aromatic N) is 2. The van der Waals surface area contributed by atoms with Crippen molar-refractivity contribution < 1.29 is 13.9 Å². The molecule has 0 amide bonds. The maximum Gasteiger partial charge on any atom is 0.257 e. The Labute approximate surface area is 333 Å². The molecule has 286 valence electrons. The van der Waals surface area contributed by atoms with Crippen molar-refractivity contribution in [3.05, 3.63) is 111 Å². The van der Waals surface area contributed by atoms with Crippen molar-refractivity contribution in [1.82, 2.24) is 0 Å². The molecule has 0 atom stereocenters. The minimum absolute atomic E-state index is 0.0206. The van der Waals surface area contributed by atoms with Crippen LogP contribution in [0.15, 0.2) is 71.1 Å². The summed E-state index contributed by atoms with van der Waals surface area (Å²) in [6, 6.07) is 25.7. The van der Waals surface area contributed by atoms with Crippen LogP contribution in [0.2, 0.25) is 0 Å². The van der Waals surface area contributed by atoms with Gasteiger partial charge >= 0.3 is 0 Å². The SMILES string of the molecule is Cc1cc2c3c(c1)N(c1c(C)cc(C(C)(C)C)cc1C)c1oc4ccc(C(C)(C)C)cc4c1B3c1cc(C(C)(C)C)ccc1N2c1c(C)cc2c(c1C)OCO2. The van der Waals surface area contributed by atoms with Crippen molar-refractivity contribution in [2.45, 2.75) is 113 Å². The van der Waals surface area contributed by atoms with Gasteiger partial charge in [0.15, 0.2) is 11.5 Å². The van der Waals surface area contributed by atoms with Crippen LogP contribution >= 0.6 is 0 Å². The average Bonchev–Trinajstić information content (AvgIpc) is 3.73. The molecule has 3 aliphatic heterocycles. The summed E-state index contributed by atoms with van der Waals surface area (Å²) in [6.07, 6.45) is 0. The molecule has 0 unspecified atom stereocenters. The van der Waals surface area contributed by atoms with E-state index in [1.54, 1.807) is 0 Å². The lowest BCUT2D eigenvalue weighted by molar-refractivity contribution is 0.173. The summed E-state index contributed by atoms with van der Waals surface area (Å²) in [6.45, 7) is 32.0. The first-order valence-electron chi connectivity index (χ1n) is 20.2. The number of aryl methyl sites for hydroxylation is 4. The zero-order chi connectivity index (χ0) is 40.0. The monoisotopic (exact) mass is 742 g/mol. The molecule has 3 aliphatic rings. The molecule has 0 spiro atoms. The van der Waals surface area contributed by atoms with E-state index in [4.69, 9.17) is 13.9 Å². The first kappa shape index (κ1) is 36.5. The van der Waals surface area contributed by atoms with Crippen LogP contribution in [0.4, 0.5) is 34.3 Å². The molecule has 9 rings (SSSR count). The number of benzene rings is 5. The quantitative estimate of drug-likeness (QED) is 0.165. The molecule has 5 nitrogen and oxygen atoms in total. The molecular weight excluding hydrogens is 687 g/mol. The summed E-state index contributed by atoms with van der Waals surface area (Å²) in [4.78, 5) is 4.98. The van der Waals surface area contributed by atoms with Gasteiger partial charge in [-0.1, -0.05) is 92.6 Å². The molecule has 56 heavy (non-hydrogen) atoms. The van der Waals surface area contributed by atoms with Crippen LogP contribution in [-0.4, -0.2) is 13.5 Å². The summed E-state index contributed by atoms with van der Waals surface area (Å²) < 4.78 is 19.3. The van der Waals surface area contributed by atoms with Crippen LogP contribution in [0.1, 0.15) is 107 Å². The lowest BCUT2D eigenvalue weighted by Gasteiger charge is -2.44. The molecule has 0 saturated heterocycles. The summed E-state index contributed by atoms with van der Waals surface area (Å²) in [7, 11) is 0. The summed E-state index contributed by atoms with van der Waals surface area (Å²) in [5.41, 5.74) is 20.3. The number of fused-ring (bicyclic) bond motifs is 7. The molecule has 1 aromatic heterocycles. The molecule has 5 aromatic carbocycles. The van der Waals surface area contributed by atoms with Gasteiger partial charge in [0.25, 0.3) is 6.71 Å². The van der Waals surface area contributed by atoms with Crippen LogP contribution in [0.5, 0.6) is 11.5 Å². The second-order valence-electron chi connectivity index (χ2n) is 19.7. The second kappa shape index (κ2) is 12.0. The van der Waals surface area contributed by atoms with Crippen molar-refractivity contribution in [2.24, 2.45) is 0 Å². The Morgan fingerprint density at radius 2 is 1.14 bits per heavy atom. The molecule has 0 aliphatic carbocycles. The summed E-state index contributed by atoms with van der Waals surface area (Å²) in [5, 5.41) is 1.18. The highest BCUT2D eigenvalue weighted by molar-refractivity contribution is 7.01. The van der Waals surface area contributed by atoms with Gasteiger partial charge in [-0.15, -0.1) is 0 Å². The number of rotatable bonds is 2. The molecule has 0 N–H and O–H groups in total. The van der Waals surface area contributed by atoms with E-state index < -0.39 is 0 Å². The predicted octanol–water partition coefficient (Wildman–Crippen LogP) is 11.7. The maximum absolute atomic E-state index is 7.22. The van der Waals surface area contributed by atoms with Crippen molar-refractivity contribution in [1.29, 1.82) is 0 Å². The average molecular weight is 743 g/mol. The minimum Gasteiger partial charge on any atom is -0.454 e. The highest BCUT2D eigenvalue weighted by Gasteiger charge is 2.48. The lowest BCUT2D eigenvalue weighted by atomic mass is 9.33. The highest BCUT2D eigenvalue weighted by Crippen LogP contribution is 2.52. The zero-order valence-corrected chi connectivity index (χ0v) is 35.8. The molecule has 0 saturated carbocycles. The van der Waals surface area contributed by atoms with E-state index in [1.165, 1.54) is 72.2 Å². The third-order valence-corrected chi connectivity index (χ3v) is 12.4. The fraction of sp³-hybridized carbons (Fsp3) is 0.360. The fourth-order valence-corrected chi connectivity index (χ4v) is 9.50. The van der Waals surface area contributed by atoms with Gasteiger partial charge in [-0.25, -0.2) is 0 Å². The largest absolute Gasteiger partial charge is 0.454 e. The summed E-state index contributed by atoms with van der Waals surface area (Å²) in [5.74, 6) is 2.55. The predicted molar refractivity (Wildman–Crippen MR) is 236 cm³/mol. The second-order valence-corrected chi connectivity index (χ2v) is 19.7. The molecule has 0 fully saturated rings. The van der Waals surface area contributed by atoms with E-state index in [9.17, 15) is 0 Å². The Morgan fingerprint density at radius 3 is 1.79 bits per heavy atom.